The van der Waals surface area contributed by atoms with Crippen molar-refractivity contribution in [1.29, 1.82) is 0 Å². The third kappa shape index (κ3) is 5.40. The van der Waals surface area contributed by atoms with Crippen LogP contribution in [0.3, 0.4) is 0 Å². The van der Waals surface area contributed by atoms with E-state index in [4.69, 9.17) is 0 Å². The lowest BCUT2D eigenvalue weighted by Crippen LogP contribution is -2.47. The predicted octanol–water partition coefficient (Wildman–Crippen LogP) is 1.43. The van der Waals surface area contributed by atoms with Crippen molar-refractivity contribution in [3.63, 3.8) is 0 Å². The molecule has 0 spiro atoms. The lowest BCUT2D eigenvalue weighted by Gasteiger charge is -2.26. The summed E-state index contributed by atoms with van der Waals surface area (Å²) in [6.07, 6.45) is 0. The van der Waals surface area contributed by atoms with E-state index in [9.17, 15) is 13.2 Å². The number of carbonyl (C=O) groups is 1. The van der Waals surface area contributed by atoms with Gasteiger partial charge in [-0.15, -0.1) is 0 Å². The molecule has 0 heterocycles. The molecule has 1 unspecified atom stereocenters. The standard InChI is InChI=1S/C15H25N3O3S/c1-5-18(6-2)15(19)14(13-10-8-7-9-11-13)17-22(20,21)16-12(3)4/h7-12,14,16-17H,5-6H2,1-4H3. The van der Waals surface area contributed by atoms with Crippen LogP contribution in [0.25, 0.3) is 0 Å². The molecule has 0 aliphatic rings. The van der Waals surface area contributed by atoms with Gasteiger partial charge in [0.2, 0.25) is 5.91 Å². The van der Waals surface area contributed by atoms with E-state index in [0.29, 0.717) is 18.7 Å². The first-order valence-electron chi connectivity index (χ1n) is 7.44. The molecular formula is C15H25N3O3S. The highest BCUT2D eigenvalue weighted by molar-refractivity contribution is 7.87. The first kappa shape index (κ1) is 18.6. The number of hydrogen-bond acceptors (Lipinski definition) is 3. The molecule has 1 atom stereocenters. The second kappa shape index (κ2) is 8.26. The van der Waals surface area contributed by atoms with Crippen LogP contribution in [0.15, 0.2) is 30.3 Å². The van der Waals surface area contributed by atoms with Gasteiger partial charge in [0.1, 0.15) is 6.04 Å². The van der Waals surface area contributed by atoms with Gasteiger partial charge in [0.25, 0.3) is 10.2 Å². The van der Waals surface area contributed by atoms with Gasteiger partial charge in [0.15, 0.2) is 0 Å². The summed E-state index contributed by atoms with van der Waals surface area (Å²) >= 11 is 0. The number of hydrogen-bond donors (Lipinski definition) is 2. The Morgan fingerprint density at radius 3 is 2.09 bits per heavy atom. The van der Waals surface area contributed by atoms with Crippen molar-refractivity contribution in [1.82, 2.24) is 14.3 Å². The van der Waals surface area contributed by atoms with Gasteiger partial charge in [0, 0.05) is 19.1 Å². The minimum absolute atomic E-state index is 0.252. The zero-order valence-corrected chi connectivity index (χ0v) is 14.4. The van der Waals surface area contributed by atoms with Gasteiger partial charge >= 0.3 is 0 Å². The molecule has 0 aromatic heterocycles. The molecule has 0 aliphatic carbocycles. The molecule has 0 saturated carbocycles. The summed E-state index contributed by atoms with van der Waals surface area (Å²) in [4.78, 5) is 14.2. The maximum atomic E-state index is 12.6. The van der Waals surface area contributed by atoms with Crippen LogP contribution in [-0.2, 0) is 15.0 Å². The van der Waals surface area contributed by atoms with Crippen LogP contribution in [0.2, 0.25) is 0 Å². The van der Waals surface area contributed by atoms with E-state index < -0.39 is 16.3 Å². The molecule has 1 aromatic carbocycles. The Morgan fingerprint density at radius 2 is 1.64 bits per heavy atom. The topological polar surface area (TPSA) is 78.5 Å². The summed E-state index contributed by atoms with van der Waals surface area (Å²) in [5.41, 5.74) is 0.619. The molecule has 124 valence electrons. The number of carbonyl (C=O) groups excluding carboxylic acids is 1. The number of rotatable bonds is 8. The second-order valence-corrected chi connectivity index (χ2v) is 6.73. The maximum Gasteiger partial charge on any atom is 0.278 e. The van der Waals surface area contributed by atoms with Gasteiger partial charge in [-0.25, -0.2) is 0 Å². The maximum absolute atomic E-state index is 12.6. The van der Waals surface area contributed by atoms with Crippen LogP contribution in [0, 0.1) is 0 Å². The summed E-state index contributed by atoms with van der Waals surface area (Å²) in [6.45, 7) is 8.23. The molecule has 1 rings (SSSR count). The van der Waals surface area contributed by atoms with Crippen LogP contribution in [0.1, 0.15) is 39.3 Å². The summed E-state index contributed by atoms with van der Waals surface area (Å²) in [6, 6.07) is 7.68. The highest BCUT2D eigenvalue weighted by atomic mass is 32.2. The summed E-state index contributed by atoms with van der Waals surface area (Å²) in [5.74, 6) is -0.259. The Kier molecular flexibility index (Phi) is 6.99. The summed E-state index contributed by atoms with van der Waals surface area (Å²) in [7, 11) is -3.77. The third-order valence-electron chi connectivity index (χ3n) is 3.12. The van der Waals surface area contributed by atoms with E-state index in [1.807, 2.05) is 19.9 Å². The fourth-order valence-electron chi connectivity index (χ4n) is 2.12. The second-order valence-electron chi connectivity index (χ2n) is 5.25. The Labute approximate surface area is 133 Å². The number of nitrogens with zero attached hydrogens (tertiary/aromatic N) is 1. The lowest BCUT2D eigenvalue weighted by molar-refractivity contribution is -0.132. The molecule has 6 nitrogen and oxygen atoms in total. The van der Waals surface area contributed by atoms with Crippen molar-refractivity contribution < 1.29 is 13.2 Å². The molecule has 22 heavy (non-hydrogen) atoms. The Balaban J connectivity index is 3.10. The molecule has 0 bridgehead atoms. The molecule has 0 aliphatic heterocycles. The van der Waals surface area contributed by atoms with Crippen molar-refractivity contribution in [3.05, 3.63) is 35.9 Å². The first-order chi connectivity index (χ1) is 10.3. The van der Waals surface area contributed by atoms with Crippen molar-refractivity contribution in [2.24, 2.45) is 0 Å². The van der Waals surface area contributed by atoms with Crippen LogP contribution in [0.5, 0.6) is 0 Å². The molecule has 7 heteroatoms. The fraction of sp³-hybridized carbons (Fsp3) is 0.533. The van der Waals surface area contributed by atoms with Gasteiger partial charge < -0.3 is 4.90 Å². The van der Waals surface area contributed by atoms with Crippen molar-refractivity contribution in [3.8, 4) is 0 Å². The van der Waals surface area contributed by atoms with Gasteiger partial charge in [-0.2, -0.15) is 17.9 Å². The molecule has 0 fully saturated rings. The highest BCUT2D eigenvalue weighted by Crippen LogP contribution is 2.16. The Morgan fingerprint density at radius 1 is 1.09 bits per heavy atom. The van der Waals surface area contributed by atoms with Crippen molar-refractivity contribution in [2.75, 3.05) is 13.1 Å². The third-order valence-corrected chi connectivity index (χ3v) is 4.45. The number of benzene rings is 1. The summed E-state index contributed by atoms with van der Waals surface area (Å²) < 4.78 is 29.2. The molecule has 1 aromatic rings. The Bertz CT molecular complexity index is 569. The zero-order valence-electron chi connectivity index (χ0n) is 13.5. The summed E-state index contributed by atoms with van der Waals surface area (Å²) in [5, 5.41) is 0. The minimum Gasteiger partial charge on any atom is -0.342 e. The van der Waals surface area contributed by atoms with E-state index in [0.717, 1.165) is 0 Å². The van der Waals surface area contributed by atoms with E-state index in [1.54, 1.807) is 43.0 Å². The zero-order chi connectivity index (χ0) is 16.8. The van der Waals surface area contributed by atoms with E-state index in [-0.39, 0.29) is 11.9 Å². The molecule has 2 N–H and O–H groups in total. The largest absolute Gasteiger partial charge is 0.342 e. The fourth-order valence-corrected chi connectivity index (χ4v) is 3.36. The van der Waals surface area contributed by atoms with Crippen LogP contribution < -0.4 is 9.44 Å². The van der Waals surface area contributed by atoms with E-state index in [1.165, 1.54) is 0 Å². The van der Waals surface area contributed by atoms with E-state index >= 15 is 0 Å². The van der Waals surface area contributed by atoms with Crippen LogP contribution in [0.4, 0.5) is 0 Å². The Hall–Kier alpha value is -1.44. The van der Waals surface area contributed by atoms with Crippen molar-refractivity contribution in [2.45, 2.75) is 39.8 Å². The monoisotopic (exact) mass is 327 g/mol. The molecule has 1 amide bonds. The van der Waals surface area contributed by atoms with Crippen LogP contribution in [-0.4, -0.2) is 38.4 Å². The highest BCUT2D eigenvalue weighted by Gasteiger charge is 2.28. The minimum atomic E-state index is -3.77. The van der Waals surface area contributed by atoms with Crippen molar-refractivity contribution >= 4 is 16.1 Å². The SMILES string of the molecule is CCN(CC)C(=O)C(NS(=O)(=O)NC(C)C)c1ccccc1. The van der Waals surface area contributed by atoms with Gasteiger partial charge in [0.05, 0.1) is 0 Å². The smallest absolute Gasteiger partial charge is 0.278 e. The normalized spacial score (nSPS) is 13.1. The first-order valence-corrected chi connectivity index (χ1v) is 8.92. The quantitative estimate of drug-likeness (QED) is 0.758. The van der Waals surface area contributed by atoms with E-state index in [2.05, 4.69) is 9.44 Å². The van der Waals surface area contributed by atoms with Crippen LogP contribution >= 0.6 is 0 Å². The van der Waals surface area contributed by atoms with Gasteiger partial charge in [-0.3, -0.25) is 4.79 Å². The number of nitrogens with one attached hydrogen (secondary N) is 2. The average molecular weight is 327 g/mol. The molecule has 0 saturated heterocycles. The predicted molar refractivity (Wildman–Crippen MR) is 87.4 cm³/mol. The average Bonchev–Trinajstić information content (AvgIpc) is 2.45. The molecular weight excluding hydrogens is 302 g/mol. The number of amides is 1. The lowest BCUT2D eigenvalue weighted by atomic mass is 10.1. The van der Waals surface area contributed by atoms with Gasteiger partial charge in [-0.1, -0.05) is 30.3 Å². The molecule has 0 radical (unpaired) electrons. The number of likely N-dealkylation sites (N-methyl/N-ethyl adjacent to an activating group) is 1. The van der Waals surface area contributed by atoms with Gasteiger partial charge in [-0.05, 0) is 33.3 Å².